The fourth-order valence-corrected chi connectivity index (χ4v) is 6.45. The maximum Gasteiger partial charge on any atom is 0.338 e. The molecule has 2 fully saturated rings. The van der Waals surface area contributed by atoms with Gasteiger partial charge in [0.05, 0.1) is 64.2 Å². The fraction of sp³-hybridized carbons (Fsp3) is 0.710. The summed E-state index contributed by atoms with van der Waals surface area (Å²) in [6, 6.07) is 0. The Hall–Kier alpha value is -2.53. The molecule has 5 atom stereocenters. The van der Waals surface area contributed by atoms with Crippen molar-refractivity contribution in [2.45, 2.75) is 58.5 Å². The first-order valence-electron chi connectivity index (χ1n) is 14.5. The Balaban J connectivity index is 1.46. The summed E-state index contributed by atoms with van der Waals surface area (Å²) < 4.78 is 31.3. The Morgan fingerprint density at radius 2 is 1.71 bits per heavy atom. The largest absolute Gasteiger partial charge is 0.465 e. The average Bonchev–Trinajstić information content (AvgIpc) is 3.36. The minimum atomic E-state index is -0.661. The summed E-state index contributed by atoms with van der Waals surface area (Å²) in [6.45, 7) is 11.0. The van der Waals surface area contributed by atoms with Crippen molar-refractivity contribution < 1.29 is 47.9 Å². The summed E-state index contributed by atoms with van der Waals surface area (Å²) in [5.74, 6) is -1.25. The van der Waals surface area contributed by atoms with Crippen LogP contribution in [0.3, 0.4) is 0 Å². The minimum Gasteiger partial charge on any atom is -0.465 e. The van der Waals surface area contributed by atoms with Crippen molar-refractivity contribution in [3.63, 3.8) is 0 Å². The summed E-state index contributed by atoms with van der Waals surface area (Å²) in [5.41, 5.74) is 0.760. The molecule has 2 aliphatic carbocycles. The summed E-state index contributed by atoms with van der Waals surface area (Å²) in [4.78, 5) is 36.5. The van der Waals surface area contributed by atoms with E-state index in [2.05, 4.69) is 13.5 Å². The number of fused-ring (bicyclic) bond motifs is 1. The van der Waals surface area contributed by atoms with E-state index in [4.69, 9.17) is 28.4 Å². The third-order valence-corrected chi connectivity index (χ3v) is 8.81. The van der Waals surface area contributed by atoms with Crippen LogP contribution >= 0.6 is 0 Å². The van der Waals surface area contributed by atoms with Crippen LogP contribution in [0, 0.1) is 22.7 Å². The van der Waals surface area contributed by atoms with Gasteiger partial charge in [-0.05, 0) is 43.1 Å². The number of ether oxygens (including phenoxy) is 6. The predicted octanol–water partition coefficient (Wildman–Crippen LogP) is 3.32. The maximum atomic E-state index is 12.6. The standard InChI is InChI=1S/C31H46O10/c1-22-5-8-25-30(2,24(22)7-6-23-12-14-40-29(23)35)13-11-26(32)31(25,3)21-41-28(34)10-9-27(33)39-20-19-38-18-17-37-16-15-36-4/h6-7,12,24-26,32H,1,5,8-11,13-21H2,2-4H3/b7-6+/t24-,25+,26-,30+,31+/m1/s1. The van der Waals surface area contributed by atoms with Crippen molar-refractivity contribution >= 4 is 17.9 Å². The van der Waals surface area contributed by atoms with Crippen molar-refractivity contribution in [3.05, 3.63) is 36.0 Å². The van der Waals surface area contributed by atoms with Gasteiger partial charge in [-0.25, -0.2) is 4.79 Å². The van der Waals surface area contributed by atoms with Gasteiger partial charge >= 0.3 is 17.9 Å². The molecule has 0 radical (unpaired) electrons. The number of carbonyl (C=O) groups is 3. The van der Waals surface area contributed by atoms with Crippen molar-refractivity contribution in [2.75, 3.05) is 60.0 Å². The lowest BCUT2D eigenvalue weighted by Crippen LogP contribution is -2.57. The number of rotatable bonds is 16. The molecule has 41 heavy (non-hydrogen) atoms. The van der Waals surface area contributed by atoms with Gasteiger partial charge in [0.25, 0.3) is 0 Å². The zero-order valence-corrected chi connectivity index (χ0v) is 24.7. The molecule has 0 spiro atoms. The van der Waals surface area contributed by atoms with E-state index in [-0.39, 0.29) is 62.5 Å². The molecule has 0 saturated heterocycles. The Morgan fingerprint density at radius 3 is 2.37 bits per heavy atom. The third-order valence-electron chi connectivity index (χ3n) is 8.81. The van der Waals surface area contributed by atoms with Crippen molar-refractivity contribution in [1.29, 1.82) is 0 Å². The van der Waals surface area contributed by atoms with Crippen LogP contribution in [0.5, 0.6) is 0 Å². The summed E-state index contributed by atoms with van der Waals surface area (Å²) in [7, 11) is 1.60. The van der Waals surface area contributed by atoms with Gasteiger partial charge < -0.3 is 33.5 Å². The van der Waals surface area contributed by atoms with Gasteiger partial charge in [0.2, 0.25) is 0 Å². The van der Waals surface area contributed by atoms with Crippen LogP contribution in [0.15, 0.2) is 36.0 Å². The molecule has 0 bridgehead atoms. The molecule has 10 nitrogen and oxygen atoms in total. The van der Waals surface area contributed by atoms with E-state index >= 15 is 0 Å². The van der Waals surface area contributed by atoms with E-state index < -0.39 is 23.5 Å². The minimum absolute atomic E-state index is 0.0139. The zero-order valence-electron chi connectivity index (χ0n) is 24.7. The average molecular weight is 579 g/mol. The molecule has 10 heteroatoms. The van der Waals surface area contributed by atoms with Crippen LogP contribution in [-0.4, -0.2) is 89.1 Å². The number of hydrogen-bond donors (Lipinski definition) is 1. The first-order chi connectivity index (χ1) is 19.6. The highest BCUT2D eigenvalue weighted by atomic mass is 16.6. The molecular formula is C31H46O10. The summed E-state index contributed by atoms with van der Waals surface area (Å²) in [6.07, 6.45) is 7.77. The van der Waals surface area contributed by atoms with E-state index in [0.29, 0.717) is 38.4 Å². The van der Waals surface area contributed by atoms with Crippen LogP contribution in [0.4, 0.5) is 0 Å². The number of aliphatic hydroxyl groups is 1. The first kappa shape index (κ1) is 33.0. The van der Waals surface area contributed by atoms with Crippen molar-refractivity contribution in [2.24, 2.45) is 22.7 Å². The Bertz CT molecular complexity index is 987. The number of carbonyl (C=O) groups excluding carboxylic acids is 3. The molecule has 2 saturated carbocycles. The van der Waals surface area contributed by atoms with Gasteiger partial charge in [0.15, 0.2) is 0 Å². The van der Waals surface area contributed by atoms with E-state index in [1.807, 2.05) is 19.1 Å². The van der Waals surface area contributed by atoms with Crippen LogP contribution in [0.1, 0.15) is 52.4 Å². The normalized spacial score (nSPS) is 29.7. The smallest absolute Gasteiger partial charge is 0.338 e. The molecule has 0 amide bonds. The monoisotopic (exact) mass is 578 g/mol. The molecule has 3 rings (SSSR count). The lowest BCUT2D eigenvalue weighted by Gasteiger charge is -2.59. The van der Waals surface area contributed by atoms with Gasteiger partial charge in [0.1, 0.15) is 13.2 Å². The number of aliphatic hydroxyl groups excluding tert-OH is 1. The molecule has 0 aromatic rings. The van der Waals surface area contributed by atoms with Crippen LogP contribution < -0.4 is 0 Å². The van der Waals surface area contributed by atoms with Gasteiger partial charge in [0, 0.05) is 18.4 Å². The summed E-state index contributed by atoms with van der Waals surface area (Å²) in [5, 5.41) is 11.1. The number of hydrogen-bond acceptors (Lipinski definition) is 10. The molecule has 1 N–H and O–H groups in total. The zero-order chi connectivity index (χ0) is 29.9. The highest BCUT2D eigenvalue weighted by Gasteiger charge is 2.57. The van der Waals surface area contributed by atoms with Gasteiger partial charge in [-0.15, -0.1) is 0 Å². The lowest BCUT2D eigenvalue weighted by atomic mass is 9.46. The van der Waals surface area contributed by atoms with Gasteiger partial charge in [-0.1, -0.05) is 38.2 Å². The Morgan fingerprint density at radius 1 is 1.05 bits per heavy atom. The number of allylic oxidation sites excluding steroid dienone is 2. The quantitative estimate of drug-likeness (QED) is 0.126. The maximum absolute atomic E-state index is 12.6. The van der Waals surface area contributed by atoms with E-state index in [9.17, 15) is 19.5 Å². The Kier molecular flexibility index (Phi) is 12.6. The molecule has 0 aromatic carbocycles. The van der Waals surface area contributed by atoms with Gasteiger partial charge in [-0.3, -0.25) is 9.59 Å². The third kappa shape index (κ3) is 8.73. The molecule has 0 unspecified atom stereocenters. The van der Waals surface area contributed by atoms with E-state index in [0.717, 1.165) is 24.8 Å². The van der Waals surface area contributed by atoms with Crippen molar-refractivity contribution in [1.82, 2.24) is 0 Å². The molecule has 1 heterocycles. The molecule has 1 aliphatic heterocycles. The highest BCUT2D eigenvalue weighted by Crippen LogP contribution is 2.61. The first-order valence-corrected chi connectivity index (χ1v) is 14.5. The Labute approximate surface area is 243 Å². The van der Waals surface area contributed by atoms with E-state index in [1.54, 1.807) is 13.2 Å². The molecule has 3 aliphatic rings. The molecule has 0 aromatic heterocycles. The SMILES string of the molecule is C=C1CC[C@@H]2[C@](C)(COC(=O)CCC(=O)OCCOCCOCCOC)[C@H](O)CC[C@@]2(C)[C@@H]1/C=C/C1=CCOC1=O. The highest BCUT2D eigenvalue weighted by molar-refractivity contribution is 5.93. The van der Waals surface area contributed by atoms with Crippen LogP contribution in [0.25, 0.3) is 0 Å². The second-order valence-corrected chi connectivity index (χ2v) is 11.5. The fourth-order valence-electron chi connectivity index (χ4n) is 6.45. The molecule has 230 valence electrons. The second-order valence-electron chi connectivity index (χ2n) is 11.5. The topological polar surface area (TPSA) is 127 Å². The number of methoxy groups -OCH3 is 1. The second kappa shape index (κ2) is 15.6. The lowest BCUT2D eigenvalue weighted by molar-refractivity contribution is -0.173. The number of cyclic esters (lactones) is 1. The summed E-state index contributed by atoms with van der Waals surface area (Å²) >= 11 is 0. The number of esters is 3. The van der Waals surface area contributed by atoms with Gasteiger partial charge in [-0.2, -0.15) is 0 Å². The van der Waals surface area contributed by atoms with Crippen LogP contribution in [0.2, 0.25) is 0 Å². The molecular weight excluding hydrogens is 532 g/mol. The van der Waals surface area contributed by atoms with Crippen LogP contribution in [-0.2, 0) is 42.8 Å². The van der Waals surface area contributed by atoms with E-state index in [1.165, 1.54) is 0 Å². The van der Waals surface area contributed by atoms with Crippen molar-refractivity contribution in [3.8, 4) is 0 Å². The predicted molar refractivity (Wildman–Crippen MR) is 150 cm³/mol.